The molecule has 0 unspecified atom stereocenters. The fraction of sp³-hybridized carbons (Fsp3) is 0.636. The van der Waals surface area contributed by atoms with Gasteiger partial charge in [0.15, 0.2) is 0 Å². The Bertz CT molecular complexity index is 732. The van der Waals surface area contributed by atoms with Crippen molar-refractivity contribution in [3.63, 3.8) is 0 Å². The van der Waals surface area contributed by atoms with E-state index in [0.29, 0.717) is 12.8 Å². The van der Waals surface area contributed by atoms with Crippen LogP contribution in [-0.2, 0) is 19.6 Å². The Kier molecular flexibility index (Phi) is 16.5. The summed E-state index contributed by atoms with van der Waals surface area (Å²) in [6, 6.07) is 3.22. The third kappa shape index (κ3) is 12.8. The number of rotatable bonds is 15. The summed E-state index contributed by atoms with van der Waals surface area (Å²) in [7, 11) is -4.60. The summed E-state index contributed by atoms with van der Waals surface area (Å²) in [5.41, 5.74) is -0.234. The van der Waals surface area contributed by atoms with Crippen molar-refractivity contribution >= 4 is 59.8 Å². The van der Waals surface area contributed by atoms with E-state index in [1.807, 2.05) is 0 Å². The van der Waals surface area contributed by atoms with Crippen LogP contribution in [0.3, 0.4) is 0 Å². The minimum absolute atomic E-state index is 0. The number of unbranched alkanes of at least 4 members (excludes halogenated alkanes) is 8. The zero-order valence-corrected chi connectivity index (χ0v) is 18.8. The van der Waals surface area contributed by atoms with E-state index >= 15 is 0 Å². The fourth-order valence-corrected chi connectivity index (χ4v) is 3.44. The molecule has 174 valence electrons. The molecule has 0 heterocycles. The van der Waals surface area contributed by atoms with Gasteiger partial charge in [-0.2, -0.15) is 8.42 Å². The molecule has 31 heavy (non-hydrogen) atoms. The molecule has 0 spiro atoms. The molecule has 0 aromatic heterocycles. The van der Waals surface area contributed by atoms with Crippen molar-refractivity contribution in [2.45, 2.75) is 83.0 Å². The van der Waals surface area contributed by atoms with Crippen LogP contribution in [0, 0.1) is 0 Å². The quantitative estimate of drug-likeness (QED) is 0.171. The predicted octanol–water partition coefficient (Wildman–Crippen LogP) is 4.27. The Morgan fingerprint density at radius 3 is 1.48 bits per heavy atom. The van der Waals surface area contributed by atoms with Crippen molar-refractivity contribution in [2.24, 2.45) is 0 Å². The molecule has 0 amide bonds. The van der Waals surface area contributed by atoms with Crippen LogP contribution in [0.25, 0.3) is 0 Å². The Balaban J connectivity index is 0.00000900. The van der Waals surface area contributed by atoms with Crippen LogP contribution in [0.15, 0.2) is 23.1 Å². The molecular weight excluding hydrogens is 448 g/mol. The van der Waals surface area contributed by atoms with E-state index < -0.39 is 27.0 Å². The van der Waals surface area contributed by atoms with Crippen LogP contribution in [0.4, 0.5) is 0 Å². The van der Waals surface area contributed by atoms with Gasteiger partial charge in [0.1, 0.15) is 0 Å². The van der Waals surface area contributed by atoms with Gasteiger partial charge in [-0.3, -0.25) is 4.55 Å². The molecule has 0 aliphatic rings. The molecule has 0 aliphatic carbocycles. The molecule has 1 N–H and O–H groups in total. The maximum atomic E-state index is 12.3. The van der Waals surface area contributed by atoms with Crippen molar-refractivity contribution in [3.05, 3.63) is 29.3 Å². The van der Waals surface area contributed by atoms with E-state index in [9.17, 15) is 22.6 Å². The molecule has 9 heteroatoms. The number of ether oxygens (including phenoxy) is 2. The van der Waals surface area contributed by atoms with Crippen LogP contribution in [0.1, 0.15) is 98.8 Å². The zero-order valence-electron chi connectivity index (χ0n) is 18.0. The Morgan fingerprint density at radius 2 is 1.13 bits per heavy atom. The molecule has 0 radical (unpaired) electrons. The zero-order chi connectivity index (χ0) is 22.4. The average molecular weight is 485 g/mol. The molecule has 0 atom stereocenters. The number of carbonyl (C=O) groups excluding carboxylic acids is 2. The first kappa shape index (κ1) is 30.3. The maximum absolute atomic E-state index is 12.3. The topological polar surface area (TPSA) is 107 Å². The van der Waals surface area contributed by atoms with Gasteiger partial charge in [0.25, 0.3) is 10.1 Å². The first-order valence-electron chi connectivity index (χ1n) is 10.8. The minimum atomic E-state index is -4.60. The molecule has 0 fully saturated rings. The first-order chi connectivity index (χ1) is 14.3. The third-order valence-corrected chi connectivity index (χ3v) is 5.47. The second-order valence-corrected chi connectivity index (χ2v) is 8.74. The summed E-state index contributed by atoms with van der Waals surface area (Å²) in [4.78, 5) is 24.0. The number of hydrogen-bond donors (Lipinski definition) is 1. The molecule has 0 saturated carbocycles. The standard InChI is InChI=1S/C22H34O7S.Ca.2H/c1-3-5-7-9-11-13-28-21(23)18-15-19(17-20(16-18)30(25,26)27)22(24)29-14-12-10-8-6-4-2;;;/h15-17H,3-14H2,1-2H3,(H,25,26,27);;;. The summed E-state index contributed by atoms with van der Waals surface area (Å²) in [6.07, 6.45) is 9.85. The van der Waals surface area contributed by atoms with Gasteiger partial charge in [0.05, 0.1) is 29.2 Å². The van der Waals surface area contributed by atoms with E-state index in [-0.39, 0.29) is 62.1 Å². The van der Waals surface area contributed by atoms with Crippen molar-refractivity contribution < 1.29 is 32.0 Å². The molecule has 1 rings (SSSR count). The van der Waals surface area contributed by atoms with Crippen molar-refractivity contribution in [3.8, 4) is 0 Å². The number of carbonyl (C=O) groups is 2. The Morgan fingerprint density at radius 1 is 0.742 bits per heavy atom. The second kappa shape index (κ2) is 16.9. The van der Waals surface area contributed by atoms with Crippen LogP contribution in [0.5, 0.6) is 0 Å². The van der Waals surface area contributed by atoms with Crippen LogP contribution in [0.2, 0.25) is 0 Å². The van der Waals surface area contributed by atoms with E-state index in [0.717, 1.165) is 63.5 Å². The van der Waals surface area contributed by atoms with Crippen molar-refractivity contribution in [1.29, 1.82) is 0 Å². The molecule has 1 aromatic rings. The SMILES string of the molecule is CCCCCCCOC(=O)c1cc(C(=O)OCCCCCCC)cc(S(=O)(=O)O)c1.[CaH2]. The molecule has 0 bridgehead atoms. The number of esters is 2. The second-order valence-electron chi connectivity index (χ2n) is 7.32. The van der Waals surface area contributed by atoms with E-state index in [1.54, 1.807) is 0 Å². The van der Waals surface area contributed by atoms with E-state index in [2.05, 4.69) is 13.8 Å². The summed E-state index contributed by atoms with van der Waals surface area (Å²) in [5, 5.41) is 0. The summed E-state index contributed by atoms with van der Waals surface area (Å²) in [5.74, 6) is -1.49. The molecular formula is C22H36CaO7S. The van der Waals surface area contributed by atoms with Gasteiger partial charge in [-0.25, -0.2) is 9.59 Å². The molecule has 1 aromatic carbocycles. The van der Waals surface area contributed by atoms with Crippen LogP contribution < -0.4 is 0 Å². The van der Waals surface area contributed by atoms with Gasteiger partial charge >= 0.3 is 49.7 Å². The Labute approximate surface area is 216 Å². The molecule has 0 aliphatic heterocycles. The van der Waals surface area contributed by atoms with Gasteiger partial charge in [-0.05, 0) is 31.0 Å². The van der Waals surface area contributed by atoms with Crippen LogP contribution in [-0.4, -0.2) is 75.9 Å². The van der Waals surface area contributed by atoms with E-state index in [1.165, 1.54) is 6.07 Å². The van der Waals surface area contributed by atoms with Gasteiger partial charge in [0.2, 0.25) is 0 Å². The van der Waals surface area contributed by atoms with Gasteiger partial charge in [-0.1, -0.05) is 65.2 Å². The number of benzene rings is 1. The summed E-state index contributed by atoms with van der Waals surface area (Å²) >= 11 is 0. The third-order valence-electron chi connectivity index (χ3n) is 4.64. The Hall–Kier alpha value is -0.670. The van der Waals surface area contributed by atoms with Gasteiger partial charge in [0, 0.05) is 0 Å². The van der Waals surface area contributed by atoms with Crippen molar-refractivity contribution in [1.82, 2.24) is 0 Å². The van der Waals surface area contributed by atoms with E-state index in [4.69, 9.17) is 9.47 Å². The van der Waals surface area contributed by atoms with Gasteiger partial charge < -0.3 is 9.47 Å². The van der Waals surface area contributed by atoms with Crippen LogP contribution >= 0.6 is 0 Å². The first-order valence-corrected chi connectivity index (χ1v) is 12.2. The van der Waals surface area contributed by atoms with Gasteiger partial charge in [-0.15, -0.1) is 0 Å². The molecule has 7 nitrogen and oxygen atoms in total. The average Bonchev–Trinajstić information content (AvgIpc) is 2.71. The predicted molar refractivity (Wildman–Crippen MR) is 123 cm³/mol. The fourth-order valence-electron chi connectivity index (χ4n) is 2.89. The molecule has 0 saturated heterocycles. The number of hydrogen-bond acceptors (Lipinski definition) is 6. The monoisotopic (exact) mass is 484 g/mol. The summed E-state index contributed by atoms with van der Waals surface area (Å²) in [6.45, 7) is 4.63. The normalized spacial score (nSPS) is 10.9. The van der Waals surface area contributed by atoms with Crippen molar-refractivity contribution in [2.75, 3.05) is 13.2 Å². The summed E-state index contributed by atoms with van der Waals surface area (Å²) < 4.78 is 42.8.